The van der Waals surface area contributed by atoms with Gasteiger partial charge in [0.25, 0.3) is 0 Å². The third-order valence-corrected chi connectivity index (χ3v) is 3.43. The van der Waals surface area contributed by atoms with E-state index < -0.39 is 0 Å². The monoisotopic (exact) mass is 318 g/mol. The molecule has 0 spiro atoms. The second-order valence-corrected chi connectivity index (χ2v) is 6.29. The van der Waals surface area contributed by atoms with E-state index in [0.29, 0.717) is 10.7 Å². The van der Waals surface area contributed by atoms with Crippen molar-refractivity contribution >= 4 is 31.9 Å². The van der Waals surface area contributed by atoms with E-state index in [1.165, 1.54) is 15.6 Å². The topological polar surface area (TPSA) is 0 Å². The smallest absolute Gasteiger partial charge is 0.0367 e. The lowest BCUT2D eigenvalue weighted by molar-refractivity contribution is 0.645. The van der Waals surface area contributed by atoms with Gasteiger partial charge in [-0.3, -0.25) is 0 Å². The van der Waals surface area contributed by atoms with Crippen LogP contribution < -0.4 is 0 Å². The van der Waals surface area contributed by atoms with Crippen molar-refractivity contribution in [2.45, 2.75) is 32.0 Å². The van der Waals surface area contributed by atoms with Crippen LogP contribution in [0.4, 0.5) is 0 Å². The molecule has 0 saturated heterocycles. The van der Waals surface area contributed by atoms with Crippen LogP contribution in [0.2, 0.25) is 0 Å². The van der Waals surface area contributed by atoms with Gasteiger partial charge < -0.3 is 0 Å². The Bertz CT molecular complexity index is 303. The highest BCUT2D eigenvalue weighted by Gasteiger charge is 2.06. The zero-order valence-electron chi connectivity index (χ0n) is 8.85. The van der Waals surface area contributed by atoms with Crippen LogP contribution in [-0.4, -0.2) is 0 Å². The van der Waals surface area contributed by atoms with Crippen LogP contribution in [0.1, 0.15) is 36.7 Å². The van der Waals surface area contributed by atoms with Crippen LogP contribution >= 0.6 is 31.9 Å². The fourth-order valence-electron chi connectivity index (χ4n) is 1.42. The van der Waals surface area contributed by atoms with Gasteiger partial charge in [-0.05, 0) is 36.5 Å². The molecule has 78 valence electrons. The first-order valence-corrected chi connectivity index (χ1v) is 6.64. The second-order valence-electron chi connectivity index (χ2n) is 4.06. The van der Waals surface area contributed by atoms with Gasteiger partial charge in [0.15, 0.2) is 0 Å². The lowest BCUT2D eigenvalue weighted by Crippen LogP contribution is -1.96. The molecule has 0 aliphatic rings. The third-order valence-electron chi connectivity index (χ3n) is 2.16. The van der Waals surface area contributed by atoms with Gasteiger partial charge >= 0.3 is 0 Å². The molecule has 0 radical (unpaired) electrons. The predicted octanol–water partition coefficient (Wildman–Crippen LogP) is 5.10. The lowest BCUT2D eigenvalue weighted by Gasteiger charge is -2.10. The Balaban J connectivity index is 2.90. The number of benzene rings is 1. The Labute approximate surface area is 103 Å². The number of rotatable bonds is 3. The van der Waals surface area contributed by atoms with E-state index in [1.807, 2.05) is 0 Å². The first kappa shape index (κ1) is 12.3. The van der Waals surface area contributed by atoms with Crippen LogP contribution in [0.5, 0.6) is 0 Å². The average Bonchev–Trinajstić information content (AvgIpc) is 2.07. The molecule has 2 heteroatoms. The highest BCUT2D eigenvalue weighted by molar-refractivity contribution is 9.10. The molecule has 0 fully saturated rings. The van der Waals surface area contributed by atoms with E-state index in [0.717, 1.165) is 6.42 Å². The summed E-state index contributed by atoms with van der Waals surface area (Å²) in [5, 5.41) is 0. The molecule has 0 heterocycles. The van der Waals surface area contributed by atoms with E-state index in [1.54, 1.807) is 0 Å². The maximum Gasteiger partial charge on any atom is 0.0367 e. The Morgan fingerprint density at radius 2 is 1.86 bits per heavy atom. The quantitative estimate of drug-likeness (QED) is 0.680. The summed E-state index contributed by atoms with van der Waals surface area (Å²) in [6.07, 6.45) is 1.14. The zero-order chi connectivity index (χ0) is 10.7. The van der Waals surface area contributed by atoms with Crippen LogP contribution in [0.3, 0.4) is 0 Å². The van der Waals surface area contributed by atoms with E-state index in [2.05, 4.69) is 70.8 Å². The lowest BCUT2D eigenvalue weighted by atomic mass is 10.0. The van der Waals surface area contributed by atoms with Crippen molar-refractivity contribution in [3.8, 4) is 0 Å². The van der Waals surface area contributed by atoms with Crippen LogP contribution in [-0.2, 0) is 6.42 Å². The van der Waals surface area contributed by atoms with Gasteiger partial charge in [0, 0.05) is 9.30 Å². The molecule has 1 aromatic rings. The van der Waals surface area contributed by atoms with Crippen molar-refractivity contribution in [2.75, 3.05) is 0 Å². The minimum atomic E-state index is 0.423. The maximum atomic E-state index is 3.62. The molecule has 0 nitrogen and oxygen atoms in total. The predicted molar refractivity (Wildman–Crippen MR) is 70.0 cm³/mol. The summed E-state index contributed by atoms with van der Waals surface area (Å²) in [6.45, 7) is 6.63. The molecule has 1 rings (SSSR count). The minimum Gasteiger partial charge on any atom is -0.0842 e. The van der Waals surface area contributed by atoms with Crippen LogP contribution in [0, 0.1) is 5.92 Å². The molecule has 0 aliphatic heterocycles. The summed E-state index contributed by atoms with van der Waals surface area (Å²) < 4.78 is 1.23. The highest BCUT2D eigenvalue weighted by atomic mass is 79.9. The summed E-state index contributed by atoms with van der Waals surface area (Å²) in [5.74, 6) is 0.707. The van der Waals surface area contributed by atoms with Crippen LogP contribution in [0.15, 0.2) is 22.7 Å². The number of alkyl halides is 1. The number of hydrogen-bond donors (Lipinski definition) is 0. The van der Waals surface area contributed by atoms with Gasteiger partial charge in [0.2, 0.25) is 0 Å². The molecule has 0 bridgehead atoms. The summed E-state index contributed by atoms with van der Waals surface area (Å²) in [5.41, 5.74) is 2.72. The maximum absolute atomic E-state index is 3.62. The van der Waals surface area contributed by atoms with Gasteiger partial charge in [-0.25, -0.2) is 0 Å². The van der Waals surface area contributed by atoms with Crippen molar-refractivity contribution in [2.24, 2.45) is 5.92 Å². The fraction of sp³-hybridized carbons (Fsp3) is 0.500. The van der Waals surface area contributed by atoms with Crippen molar-refractivity contribution < 1.29 is 0 Å². The standard InChI is InChI=1S/C12H16Br2/c1-8(2)6-11-5-4-10(9(3)13)7-12(11)14/h4-5,7-9H,6H2,1-3H3. The molecule has 0 saturated carbocycles. The Hall–Kier alpha value is 0.180. The van der Waals surface area contributed by atoms with E-state index in [-0.39, 0.29) is 0 Å². The zero-order valence-corrected chi connectivity index (χ0v) is 12.0. The first-order valence-electron chi connectivity index (χ1n) is 4.93. The Morgan fingerprint density at radius 3 is 2.29 bits per heavy atom. The normalized spacial score (nSPS) is 13.3. The molecule has 1 atom stereocenters. The van der Waals surface area contributed by atoms with Gasteiger partial charge in [-0.1, -0.05) is 57.8 Å². The SMILES string of the molecule is CC(C)Cc1ccc(C(C)Br)cc1Br. The van der Waals surface area contributed by atoms with Crippen molar-refractivity contribution in [3.63, 3.8) is 0 Å². The summed E-state index contributed by atoms with van der Waals surface area (Å²) in [4.78, 5) is 0.423. The Kier molecular flexibility index (Phi) is 4.65. The molecule has 0 aliphatic carbocycles. The van der Waals surface area contributed by atoms with E-state index in [4.69, 9.17) is 0 Å². The molecule has 1 unspecified atom stereocenters. The van der Waals surface area contributed by atoms with Crippen molar-refractivity contribution in [1.82, 2.24) is 0 Å². The summed E-state index contributed by atoms with van der Waals surface area (Å²) in [7, 11) is 0. The fourth-order valence-corrected chi connectivity index (χ4v) is 2.26. The average molecular weight is 320 g/mol. The van der Waals surface area contributed by atoms with Crippen LogP contribution in [0.25, 0.3) is 0 Å². The molecule has 14 heavy (non-hydrogen) atoms. The molecule has 1 aromatic carbocycles. The molecule has 0 N–H and O–H groups in total. The van der Waals surface area contributed by atoms with Gasteiger partial charge in [-0.15, -0.1) is 0 Å². The highest BCUT2D eigenvalue weighted by Crippen LogP contribution is 2.27. The summed E-state index contributed by atoms with van der Waals surface area (Å²) >= 11 is 7.19. The minimum absolute atomic E-state index is 0.423. The third kappa shape index (κ3) is 3.39. The largest absolute Gasteiger partial charge is 0.0842 e. The molecule has 0 aromatic heterocycles. The van der Waals surface area contributed by atoms with Crippen molar-refractivity contribution in [3.05, 3.63) is 33.8 Å². The number of halogens is 2. The van der Waals surface area contributed by atoms with E-state index >= 15 is 0 Å². The number of hydrogen-bond acceptors (Lipinski definition) is 0. The Morgan fingerprint density at radius 1 is 1.21 bits per heavy atom. The van der Waals surface area contributed by atoms with Crippen molar-refractivity contribution in [1.29, 1.82) is 0 Å². The van der Waals surface area contributed by atoms with Gasteiger partial charge in [-0.2, -0.15) is 0 Å². The molecule has 0 amide bonds. The summed E-state index contributed by atoms with van der Waals surface area (Å²) in [6, 6.07) is 6.62. The first-order chi connectivity index (χ1) is 6.50. The molecular weight excluding hydrogens is 304 g/mol. The van der Waals surface area contributed by atoms with E-state index in [9.17, 15) is 0 Å². The second kappa shape index (κ2) is 5.32. The van der Waals surface area contributed by atoms with Gasteiger partial charge in [0.1, 0.15) is 0 Å². The van der Waals surface area contributed by atoms with Gasteiger partial charge in [0.05, 0.1) is 0 Å². The molecular formula is C12H16Br2.